The van der Waals surface area contributed by atoms with E-state index in [1.165, 1.54) is 38.5 Å². The summed E-state index contributed by atoms with van der Waals surface area (Å²) >= 11 is 0. The van der Waals surface area contributed by atoms with Gasteiger partial charge in [-0.2, -0.15) is 0 Å². The number of hydrogen-bond acceptors (Lipinski definition) is 7. The van der Waals surface area contributed by atoms with Crippen molar-refractivity contribution in [3.8, 4) is 23.0 Å². The molecule has 0 aromatic heterocycles. The van der Waals surface area contributed by atoms with Gasteiger partial charge < -0.3 is 24.1 Å². The smallest absolute Gasteiger partial charge is 0.493 e. The van der Waals surface area contributed by atoms with Gasteiger partial charge in [0.15, 0.2) is 23.0 Å². The van der Waals surface area contributed by atoms with E-state index in [9.17, 15) is 22.0 Å². The van der Waals surface area contributed by atoms with Gasteiger partial charge in [0.25, 0.3) is 10.0 Å². The Kier molecular flexibility index (Phi) is 5.44. The van der Waals surface area contributed by atoms with E-state index in [2.05, 4.69) is 14.2 Å². The van der Waals surface area contributed by atoms with E-state index in [1.54, 1.807) is 0 Å². The second kappa shape index (κ2) is 7.71. The highest BCUT2D eigenvalue weighted by atomic mass is 32.2. The van der Waals surface area contributed by atoms with Crippen LogP contribution in [0.15, 0.2) is 41.3 Å². The Balaban J connectivity index is 2.01. The number of alkyl halides is 2. The van der Waals surface area contributed by atoms with E-state index >= 15 is 0 Å². The van der Waals surface area contributed by atoms with Crippen LogP contribution < -0.4 is 23.7 Å². The standard InChI is InChI=1S/C18H15F2NO8S/c1-26-14-7-10(3-6-16(22)23)8-15(17(14)27-2)30(24,25)21-11-4-5-12-13(9-11)29-18(19,20)28-12/h3-9,21H,1-2H3,(H,22,23). The van der Waals surface area contributed by atoms with Crippen molar-refractivity contribution in [2.45, 2.75) is 11.2 Å². The number of halogens is 2. The first-order chi connectivity index (χ1) is 14.0. The molecule has 1 heterocycles. The largest absolute Gasteiger partial charge is 0.586 e. The van der Waals surface area contributed by atoms with E-state index in [1.807, 2.05) is 0 Å². The summed E-state index contributed by atoms with van der Waals surface area (Å²) in [5.74, 6) is -1.92. The molecule has 2 aromatic carbocycles. The maximum Gasteiger partial charge on any atom is 0.586 e. The van der Waals surface area contributed by atoms with Crippen molar-refractivity contribution in [3.05, 3.63) is 42.0 Å². The molecule has 0 fully saturated rings. The lowest BCUT2D eigenvalue weighted by molar-refractivity contribution is -0.286. The van der Waals surface area contributed by atoms with E-state index in [0.29, 0.717) is 0 Å². The summed E-state index contributed by atoms with van der Waals surface area (Å²) in [5, 5.41) is 8.79. The Morgan fingerprint density at radius 1 is 1.13 bits per heavy atom. The van der Waals surface area contributed by atoms with Crippen molar-refractivity contribution in [3.63, 3.8) is 0 Å². The Hall–Kier alpha value is -3.54. The Bertz CT molecular complexity index is 1130. The van der Waals surface area contributed by atoms with Gasteiger partial charge in [0.1, 0.15) is 4.90 Å². The van der Waals surface area contributed by atoms with Crippen LogP contribution in [0.2, 0.25) is 0 Å². The van der Waals surface area contributed by atoms with Crippen molar-refractivity contribution in [1.29, 1.82) is 0 Å². The Morgan fingerprint density at radius 3 is 2.47 bits per heavy atom. The summed E-state index contributed by atoms with van der Waals surface area (Å²) in [6.45, 7) is 0. The summed E-state index contributed by atoms with van der Waals surface area (Å²) in [4.78, 5) is 10.4. The highest BCUT2D eigenvalue weighted by Gasteiger charge is 2.43. The highest BCUT2D eigenvalue weighted by molar-refractivity contribution is 7.92. The molecular weight excluding hydrogens is 428 g/mol. The third-order valence-electron chi connectivity index (χ3n) is 3.83. The number of ether oxygens (including phenoxy) is 4. The van der Waals surface area contributed by atoms with Gasteiger partial charge in [0, 0.05) is 12.1 Å². The molecule has 0 amide bonds. The zero-order chi connectivity index (χ0) is 22.1. The highest BCUT2D eigenvalue weighted by Crippen LogP contribution is 2.43. The topological polar surface area (TPSA) is 120 Å². The molecule has 2 aromatic rings. The van der Waals surface area contributed by atoms with E-state index in [4.69, 9.17) is 14.6 Å². The van der Waals surface area contributed by atoms with Gasteiger partial charge in [-0.3, -0.25) is 4.72 Å². The second-order valence-electron chi connectivity index (χ2n) is 5.86. The van der Waals surface area contributed by atoms with Crippen LogP contribution in [0.1, 0.15) is 5.56 Å². The Labute approximate surface area is 169 Å². The van der Waals surface area contributed by atoms with Crippen molar-refractivity contribution in [1.82, 2.24) is 0 Å². The predicted molar refractivity (Wildman–Crippen MR) is 99.7 cm³/mol. The van der Waals surface area contributed by atoms with Crippen molar-refractivity contribution < 1.29 is 46.0 Å². The summed E-state index contributed by atoms with van der Waals surface area (Å²) in [5.41, 5.74) is 0.128. The number of aliphatic carboxylic acids is 1. The maximum absolute atomic E-state index is 13.2. The number of sulfonamides is 1. The molecule has 0 unspecified atom stereocenters. The number of methoxy groups -OCH3 is 2. The van der Waals surface area contributed by atoms with Crippen LogP contribution in [0.4, 0.5) is 14.5 Å². The first kappa shape index (κ1) is 21.2. The van der Waals surface area contributed by atoms with Gasteiger partial charge in [-0.1, -0.05) is 0 Å². The number of carbonyl (C=O) groups is 1. The number of carboxylic acids is 1. The monoisotopic (exact) mass is 443 g/mol. The zero-order valence-corrected chi connectivity index (χ0v) is 16.3. The summed E-state index contributed by atoms with van der Waals surface area (Å²) in [6, 6.07) is 5.92. The summed E-state index contributed by atoms with van der Waals surface area (Å²) in [7, 11) is -1.81. The lowest BCUT2D eigenvalue weighted by Gasteiger charge is -2.15. The number of nitrogens with one attached hydrogen (secondary N) is 1. The number of anilines is 1. The fourth-order valence-electron chi connectivity index (χ4n) is 2.64. The van der Waals surface area contributed by atoms with Crippen LogP contribution in [0.5, 0.6) is 23.0 Å². The molecule has 0 saturated carbocycles. The van der Waals surface area contributed by atoms with Gasteiger partial charge in [-0.25, -0.2) is 13.2 Å². The van der Waals surface area contributed by atoms with Gasteiger partial charge in [0.2, 0.25) is 0 Å². The molecule has 0 spiro atoms. The number of benzene rings is 2. The van der Waals surface area contributed by atoms with Crippen molar-refractivity contribution in [2.75, 3.05) is 18.9 Å². The van der Waals surface area contributed by atoms with Crippen LogP contribution in [0.3, 0.4) is 0 Å². The van der Waals surface area contributed by atoms with Crippen molar-refractivity contribution >= 4 is 27.8 Å². The lowest BCUT2D eigenvalue weighted by Crippen LogP contribution is -2.25. The van der Waals surface area contributed by atoms with E-state index < -0.39 is 22.3 Å². The molecule has 9 nitrogen and oxygen atoms in total. The number of hydrogen-bond donors (Lipinski definition) is 2. The quantitative estimate of drug-likeness (QED) is 0.627. The van der Waals surface area contributed by atoms with Gasteiger partial charge in [-0.15, -0.1) is 8.78 Å². The van der Waals surface area contributed by atoms with Crippen LogP contribution >= 0.6 is 0 Å². The van der Waals surface area contributed by atoms with Crippen molar-refractivity contribution in [2.24, 2.45) is 0 Å². The normalized spacial score (nSPS) is 14.5. The number of fused-ring (bicyclic) bond motifs is 1. The number of rotatable bonds is 7. The Morgan fingerprint density at radius 2 is 1.83 bits per heavy atom. The average Bonchev–Trinajstić information content (AvgIpc) is 2.98. The van der Waals surface area contributed by atoms with Crippen LogP contribution in [-0.2, 0) is 14.8 Å². The molecule has 0 bridgehead atoms. The molecule has 0 radical (unpaired) electrons. The molecule has 2 N–H and O–H groups in total. The van der Waals surface area contributed by atoms with E-state index in [0.717, 1.165) is 18.2 Å². The third kappa shape index (κ3) is 4.38. The summed E-state index contributed by atoms with van der Waals surface area (Å²) in [6.07, 6.45) is -1.85. The molecule has 3 rings (SSSR count). The second-order valence-corrected chi connectivity index (χ2v) is 7.51. The van der Waals surface area contributed by atoms with E-state index in [-0.39, 0.29) is 39.1 Å². The molecule has 0 atom stereocenters. The molecule has 30 heavy (non-hydrogen) atoms. The SMILES string of the molecule is COc1cc(C=CC(=O)O)cc(S(=O)(=O)Nc2ccc3c(c2)OC(F)(F)O3)c1OC. The van der Waals surface area contributed by atoms with Gasteiger partial charge >= 0.3 is 12.3 Å². The minimum absolute atomic E-state index is 0.0377. The summed E-state index contributed by atoms with van der Waals surface area (Å²) < 4.78 is 73.3. The first-order valence-corrected chi connectivity index (χ1v) is 9.63. The zero-order valence-electron chi connectivity index (χ0n) is 15.5. The van der Waals surface area contributed by atoms with Crippen LogP contribution in [-0.4, -0.2) is 40.0 Å². The van der Waals surface area contributed by atoms with Crippen LogP contribution in [0.25, 0.3) is 6.08 Å². The van der Waals surface area contributed by atoms with Gasteiger partial charge in [-0.05, 0) is 35.9 Å². The van der Waals surface area contributed by atoms with Gasteiger partial charge in [0.05, 0.1) is 19.9 Å². The molecular formula is C18H15F2NO8S. The minimum Gasteiger partial charge on any atom is -0.493 e. The minimum atomic E-state index is -4.32. The fraction of sp³-hybridized carbons (Fsp3) is 0.167. The predicted octanol–water partition coefficient (Wildman–Crippen LogP) is 2.92. The first-order valence-electron chi connectivity index (χ1n) is 8.14. The molecule has 1 aliphatic heterocycles. The molecule has 0 saturated heterocycles. The molecule has 0 aliphatic carbocycles. The molecule has 1 aliphatic rings. The van der Waals surface area contributed by atoms with Crippen LogP contribution in [0, 0.1) is 0 Å². The average molecular weight is 443 g/mol. The lowest BCUT2D eigenvalue weighted by atomic mass is 10.2. The fourth-order valence-corrected chi connectivity index (χ4v) is 3.90. The molecule has 160 valence electrons. The maximum atomic E-state index is 13.2. The number of carboxylic acid groups (broad SMARTS) is 1. The third-order valence-corrected chi connectivity index (χ3v) is 5.22. The molecule has 12 heteroatoms.